The number of hydrogen-bond acceptors (Lipinski definition) is 7. The van der Waals surface area contributed by atoms with Gasteiger partial charge in [0, 0.05) is 23.6 Å². The lowest BCUT2D eigenvalue weighted by Gasteiger charge is -2.10. The van der Waals surface area contributed by atoms with Crippen LogP contribution in [-0.4, -0.2) is 36.4 Å². The number of nitrogens with one attached hydrogen (secondary N) is 1. The van der Waals surface area contributed by atoms with Gasteiger partial charge in [0.25, 0.3) is 0 Å². The summed E-state index contributed by atoms with van der Waals surface area (Å²) in [5.41, 5.74) is 4.62. The molecule has 9 heteroatoms. The Balaban J connectivity index is 1.26. The van der Waals surface area contributed by atoms with E-state index in [1.807, 2.05) is 90.5 Å². The number of thiazole rings is 1. The third kappa shape index (κ3) is 4.34. The van der Waals surface area contributed by atoms with Gasteiger partial charge >= 0.3 is 0 Å². The Kier molecular flexibility index (Phi) is 5.92. The number of carbonyl (C=O) groups is 1. The summed E-state index contributed by atoms with van der Waals surface area (Å²) in [6.45, 7) is 0. The summed E-state index contributed by atoms with van der Waals surface area (Å²) >= 11 is 2.80. The molecule has 0 saturated heterocycles. The summed E-state index contributed by atoms with van der Waals surface area (Å²) < 4.78 is 2.96. The fourth-order valence-corrected chi connectivity index (χ4v) is 5.60. The SMILES string of the molecule is Cn1c(SCC(=O)Nc2nc3ccccc3s2)nnc1-c1cc(-c2ccccc2)nc2ccccc12. The summed E-state index contributed by atoms with van der Waals surface area (Å²) in [5, 5.41) is 14.0. The maximum Gasteiger partial charge on any atom is 0.236 e. The Morgan fingerprint density at radius 3 is 2.50 bits per heavy atom. The molecule has 0 fully saturated rings. The molecule has 0 aliphatic carbocycles. The molecule has 0 saturated carbocycles. The van der Waals surface area contributed by atoms with Gasteiger partial charge in [0.05, 0.1) is 27.2 Å². The van der Waals surface area contributed by atoms with Gasteiger partial charge < -0.3 is 9.88 Å². The number of para-hydroxylation sites is 2. The van der Waals surface area contributed by atoms with Gasteiger partial charge in [-0.2, -0.15) is 0 Å². The number of carbonyl (C=O) groups excluding carboxylic acids is 1. The topological polar surface area (TPSA) is 85.6 Å². The van der Waals surface area contributed by atoms with Crippen molar-refractivity contribution < 1.29 is 4.79 Å². The molecule has 36 heavy (non-hydrogen) atoms. The van der Waals surface area contributed by atoms with Crippen molar-refractivity contribution in [2.45, 2.75) is 5.16 Å². The molecule has 1 N–H and O–H groups in total. The van der Waals surface area contributed by atoms with Crippen molar-refractivity contribution in [3.8, 4) is 22.6 Å². The van der Waals surface area contributed by atoms with Crippen LogP contribution in [0.25, 0.3) is 43.8 Å². The summed E-state index contributed by atoms with van der Waals surface area (Å²) in [7, 11) is 1.92. The van der Waals surface area contributed by atoms with E-state index >= 15 is 0 Å². The number of hydrogen-bond donors (Lipinski definition) is 1. The maximum absolute atomic E-state index is 12.6. The highest BCUT2D eigenvalue weighted by Gasteiger charge is 2.17. The fourth-order valence-electron chi connectivity index (χ4n) is 4.00. The summed E-state index contributed by atoms with van der Waals surface area (Å²) in [6, 6.07) is 28.0. The first-order chi connectivity index (χ1) is 17.7. The molecule has 6 rings (SSSR count). The number of benzene rings is 3. The van der Waals surface area contributed by atoms with Crippen LogP contribution in [0.15, 0.2) is 90.1 Å². The molecule has 3 heterocycles. The first kappa shape index (κ1) is 22.4. The Hall–Kier alpha value is -4.08. The van der Waals surface area contributed by atoms with E-state index in [1.54, 1.807) is 0 Å². The lowest BCUT2D eigenvalue weighted by molar-refractivity contribution is -0.113. The minimum absolute atomic E-state index is 0.135. The average molecular weight is 509 g/mol. The van der Waals surface area contributed by atoms with E-state index in [0.717, 1.165) is 43.8 Å². The molecule has 0 unspecified atom stereocenters. The molecule has 7 nitrogen and oxygen atoms in total. The van der Waals surface area contributed by atoms with Gasteiger partial charge in [0.15, 0.2) is 16.1 Å². The Morgan fingerprint density at radius 2 is 1.67 bits per heavy atom. The highest BCUT2D eigenvalue weighted by Crippen LogP contribution is 2.32. The minimum atomic E-state index is -0.135. The lowest BCUT2D eigenvalue weighted by Crippen LogP contribution is -2.14. The van der Waals surface area contributed by atoms with Crippen molar-refractivity contribution in [1.29, 1.82) is 0 Å². The summed E-state index contributed by atoms with van der Waals surface area (Å²) in [6.07, 6.45) is 0. The van der Waals surface area contributed by atoms with Crippen LogP contribution in [0.5, 0.6) is 0 Å². The molecule has 1 amide bonds. The lowest BCUT2D eigenvalue weighted by atomic mass is 10.0. The van der Waals surface area contributed by atoms with Crippen LogP contribution >= 0.6 is 23.1 Å². The van der Waals surface area contributed by atoms with Crippen LogP contribution in [0.3, 0.4) is 0 Å². The number of pyridine rings is 1. The quantitative estimate of drug-likeness (QED) is 0.276. The van der Waals surface area contributed by atoms with Crippen LogP contribution in [-0.2, 0) is 11.8 Å². The second kappa shape index (κ2) is 9.52. The van der Waals surface area contributed by atoms with Crippen molar-refractivity contribution in [1.82, 2.24) is 24.7 Å². The van der Waals surface area contributed by atoms with Crippen LogP contribution in [0.1, 0.15) is 0 Å². The first-order valence-corrected chi connectivity index (χ1v) is 13.1. The number of anilines is 1. The van der Waals surface area contributed by atoms with Crippen molar-refractivity contribution in [3.05, 3.63) is 84.9 Å². The number of fused-ring (bicyclic) bond motifs is 2. The monoisotopic (exact) mass is 508 g/mol. The predicted molar refractivity (Wildman–Crippen MR) is 146 cm³/mol. The normalized spacial score (nSPS) is 11.2. The molecule has 3 aromatic carbocycles. The highest BCUT2D eigenvalue weighted by atomic mass is 32.2. The standard InChI is InChI=1S/C27H20N6OS2/c1-33-25(19-15-22(17-9-3-2-4-10-17)28-20-12-6-5-11-18(19)20)31-32-27(33)35-16-24(34)30-26-29-21-13-7-8-14-23(21)36-26/h2-15H,16H2,1H3,(H,29,30,34). The number of thioether (sulfide) groups is 1. The van der Waals surface area contributed by atoms with Gasteiger partial charge in [0.1, 0.15) is 0 Å². The van der Waals surface area contributed by atoms with E-state index in [2.05, 4.69) is 26.6 Å². The van der Waals surface area contributed by atoms with Crippen molar-refractivity contribution in [2.75, 3.05) is 11.1 Å². The number of rotatable bonds is 6. The number of aromatic nitrogens is 5. The van der Waals surface area contributed by atoms with E-state index in [4.69, 9.17) is 4.98 Å². The van der Waals surface area contributed by atoms with Crippen LogP contribution in [0.2, 0.25) is 0 Å². The molecule has 176 valence electrons. The molecular formula is C27H20N6OS2. The first-order valence-electron chi connectivity index (χ1n) is 11.3. The smallest absolute Gasteiger partial charge is 0.236 e. The van der Waals surface area contributed by atoms with Gasteiger partial charge in [-0.25, -0.2) is 9.97 Å². The van der Waals surface area contributed by atoms with Gasteiger partial charge in [-0.3, -0.25) is 4.79 Å². The highest BCUT2D eigenvalue weighted by molar-refractivity contribution is 7.99. The Labute approximate surface area is 215 Å². The van der Waals surface area contributed by atoms with E-state index in [1.165, 1.54) is 23.1 Å². The van der Waals surface area contributed by atoms with Crippen molar-refractivity contribution >= 4 is 55.3 Å². The van der Waals surface area contributed by atoms with Crippen LogP contribution in [0, 0.1) is 0 Å². The van der Waals surface area contributed by atoms with Gasteiger partial charge in [0.2, 0.25) is 5.91 Å². The molecular weight excluding hydrogens is 488 g/mol. The molecule has 6 aromatic rings. The van der Waals surface area contributed by atoms with E-state index in [0.29, 0.717) is 10.3 Å². The molecule has 0 atom stereocenters. The van der Waals surface area contributed by atoms with E-state index in [-0.39, 0.29) is 11.7 Å². The van der Waals surface area contributed by atoms with Gasteiger partial charge in [-0.05, 0) is 24.3 Å². The Bertz CT molecular complexity index is 1680. The van der Waals surface area contributed by atoms with Crippen molar-refractivity contribution in [3.63, 3.8) is 0 Å². The van der Waals surface area contributed by atoms with Crippen molar-refractivity contribution in [2.24, 2.45) is 7.05 Å². The number of nitrogens with zero attached hydrogens (tertiary/aromatic N) is 5. The number of amides is 1. The molecule has 0 aliphatic rings. The van der Waals surface area contributed by atoms with Crippen LogP contribution < -0.4 is 5.32 Å². The van der Waals surface area contributed by atoms with Crippen LogP contribution in [0.4, 0.5) is 5.13 Å². The molecule has 0 aliphatic heterocycles. The molecule has 0 spiro atoms. The molecule has 0 bridgehead atoms. The predicted octanol–water partition coefficient (Wildman–Crippen LogP) is 6.04. The molecule has 0 radical (unpaired) electrons. The second-order valence-corrected chi connectivity index (χ2v) is 10.1. The average Bonchev–Trinajstić information content (AvgIpc) is 3.49. The van der Waals surface area contributed by atoms with Gasteiger partial charge in [-0.15, -0.1) is 10.2 Å². The zero-order chi connectivity index (χ0) is 24.5. The third-order valence-electron chi connectivity index (χ3n) is 5.73. The second-order valence-electron chi connectivity index (χ2n) is 8.13. The van der Waals surface area contributed by atoms with Gasteiger partial charge in [-0.1, -0.05) is 83.8 Å². The van der Waals surface area contributed by atoms with E-state index in [9.17, 15) is 4.79 Å². The minimum Gasteiger partial charge on any atom is -0.305 e. The third-order valence-corrected chi connectivity index (χ3v) is 7.71. The maximum atomic E-state index is 12.6. The largest absolute Gasteiger partial charge is 0.305 e. The Morgan fingerprint density at radius 1 is 0.917 bits per heavy atom. The van der Waals surface area contributed by atoms with E-state index < -0.39 is 0 Å². The summed E-state index contributed by atoms with van der Waals surface area (Å²) in [5.74, 6) is 0.790. The zero-order valence-electron chi connectivity index (χ0n) is 19.3. The fraction of sp³-hybridized carbons (Fsp3) is 0.0741. The zero-order valence-corrected chi connectivity index (χ0v) is 20.9. The molecule has 3 aromatic heterocycles. The summed E-state index contributed by atoms with van der Waals surface area (Å²) in [4.78, 5) is 21.9.